The summed E-state index contributed by atoms with van der Waals surface area (Å²) in [5.41, 5.74) is 6.68. The van der Waals surface area contributed by atoms with Crippen molar-refractivity contribution in [2.24, 2.45) is 5.73 Å². The van der Waals surface area contributed by atoms with E-state index in [0.29, 0.717) is 6.10 Å². The van der Waals surface area contributed by atoms with Crippen molar-refractivity contribution in [3.05, 3.63) is 0 Å². The molecule has 0 aromatic rings. The van der Waals surface area contributed by atoms with Gasteiger partial charge in [0, 0.05) is 12.1 Å². The lowest BCUT2D eigenvalue weighted by Gasteiger charge is -2.32. The van der Waals surface area contributed by atoms with E-state index in [4.69, 9.17) is 10.5 Å². The molecule has 1 unspecified atom stereocenters. The van der Waals surface area contributed by atoms with E-state index in [1.54, 1.807) is 0 Å². The third kappa shape index (κ3) is 3.74. The lowest BCUT2D eigenvalue weighted by Crippen LogP contribution is -2.41. The zero-order chi connectivity index (χ0) is 11.3. The molecule has 1 saturated heterocycles. The van der Waals surface area contributed by atoms with Crippen LogP contribution in [0.15, 0.2) is 0 Å². The van der Waals surface area contributed by atoms with Gasteiger partial charge in [-0.3, -0.25) is 0 Å². The molecule has 2 rings (SSSR count). The normalized spacial score (nSPS) is 30.9. The number of ether oxygens (including phenoxy) is 1. The van der Waals surface area contributed by atoms with E-state index in [9.17, 15) is 0 Å². The lowest BCUT2D eigenvalue weighted by atomic mass is 9.81. The Morgan fingerprint density at radius 3 is 2.31 bits per heavy atom. The fraction of sp³-hybridized carbons (Fsp3) is 1.00. The highest BCUT2D eigenvalue weighted by atomic mass is 16.5. The Kier molecular flexibility index (Phi) is 4.66. The molecule has 0 aromatic carbocycles. The van der Waals surface area contributed by atoms with Crippen LogP contribution in [0.2, 0.25) is 0 Å². The predicted octanol–water partition coefficient (Wildman–Crippen LogP) is 3.39. The van der Waals surface area contributed by atoms with Gasteiger partial charge in [-0.2, -0.15) is 0 Å². The Hall–Kier alpha value is -0.0800. The van der Waals surface area contributed by atoms with E-state index >= 15 is 0 Å². The summed E-state index contributed by atoms with van der Waals surface area (Å²) in [4.78, 5) is 0. The van der Waals surface area contributed by atoms with Crippen molar-refractivity contribution in [1.82, 2.24) is 0 Å². The maximum Gasteiger partial charge on any atom is 0.0576 e. The lowest BCUT2D eigenvalue weighted by molar-refractivity contribution is 0.0934. The Balaban J connectivity index is 1.75. The van der Waals surface area contributed by atoms with Crippen molar-refractivity contribution in [2.45, 2.75) is 82.3 Å². The maximum atomic E-state index is 6.55. The van der Waals surface area contributed by atoms with Crippen LogP contribution in [0.1, 0.15) is 70.6 Å². The van der Waals surface area contributed by atoms with Gasteiger partial charge >= 0.3 is 0 Å². The summed E-state index contributed by atoms with van der Waals surface area (Å²) in [7, 11) is 0. The molecule has 94 valence electrons. The van der Waals surface area contributed by atoms with Crippen LogP contribution in [0.3, 0.4) is 0 Å². The second-order valence-corrected chi connectivity index (χ2v) is 5.80. The number of hydrogen-bond acceptors (Lipinski definition) is 2. The molecule has 1 aliphatic heterocycles. The zero-order valence-electron chi connectivity index (χ0n) is 10.5. The van der Waals surface area contributed by atoms with Crippen molar-refractivity contribution in [1.29, 1.82) is 0 Å². The summed E-state index contributed by atoms with van der Waals surface area (Å²) in [5.74, 6) is 0. The highest BCUT2D eigenvalue weighted by Gasteiger charge is 2.27. The minimum absolute atomic E-state index is 0.131. The molecule has 1 aliphatic carbocycles. The summed E-state index contributed by atoms with van der Waals surface area (Å²) >= 11 is 0. The fourth-order valence-corrected chi connectivity index (χ4v) is 3.18. The van der Waals surface area contributed by atoms with Gasteiger partial charge in [-0.25, -0.2) is 0 Å². The van der Waals surface area contributed by atoms with Crippen LogP contribution in [0, 0.1) is 0 Å². The average molecular weight is 225 g/mol. The van der Waals surface area contributed by atoms with Crippen molar-refractivity contribution in [3.8, 4) is 0 Å². The molecule has 2 heteroatoms. The third-order valence-electron chi connectivity index (χ3n) is 4.34. The standard InChI is InChI=1S/C14H27NO/c15-14(9-4-2-1-3-5-10-14)11-8-13-7-6-12-16-13/h13H,1-12,15H2. The monoisotopic (exact) mass is 225 g/mol. The summed E-state index contributed by atoms with van der Waals surface area (Å²) in [6, 6.07) is 0. The van der Waals surface area contributed by atoms with Gasteiger partial charge in [0.25, 0.3) is 0 Å². The fourth-order valence-electron chi connectivity index (χ4n) is 3.18. The number of hydrogen-bond donors (Lipinski definition) is 1. The van der Waals surface area contributed by atoms with Gasteiger partial charge in [0.2, 0.25) is 0 Å². The van der Waals surface area contributed by atoms with Crippen molar-refractivity contribution in [3.63, 3.8) is 0 Å². The smallest absolute Gasteiger partial charge is 0.0576 e. The molecule has 2 fully saturated rings. The molecular weight excluding hydrogens is 198 g/mol. The predicted molar refractivity (Wildman–Crippen MR) is 67.4 cm³/mol. The molecular formula is C14H27NO. The van der Waals surface area contributed by atoms with Crippen LogP contribution >= 0.6 is 0 Å². The minimum Gasteiger partial charge on any atom is -0.378 e. The molecule has 2 nitrogen and oxygen atoms in total. The SMILES string of the molecule is NC1(CCC2CCCO2)CCCCCCC1. The Morgan fingerprint density at radius 1 is 1.00 bits per heavy atom. The third-order valence-corrected chi connectivity index (χ3v) is 4.34. The molecule has 1 atom stereocenters. The van der Waals surface area contributed by atoms with Crippen molar-refractivity contribution in [2.75, 3.05) is 6.61 Å². The second kappa shape index (κ2) is 6.02. The van der Waals surface area contributed by atoms with Gasteiger partial charge in [-0.1, -0.05) is 32.1 Å². The average Bonchev–Trinajstić information content (AvgIpc) is 2.74. The highest BCUT2D eigenvalue weighted by molar-refractivity contribution is 4.86. The van der Waals surface area contributed by atoms with E-state index in [2.05, 4.69) is 0 Å². The molecule has 0 radical (unpaired) electrons. The quantitative estimate of drug-likeness (QED) is 0.799. The van der Waals surface area contributed by atoms with Gasteiger partial charge < -0.3 is 10.5 Å². The summed E-state index contributed by atoms with van der Waals surface area (Å²) in [5, 5.41) is 0. The van der Waals surface area contributed by atoms with E-state index < -0.39 is 0 Å². The van der Waals surface area contributed by atoms with E-state index in [1.807, 2.05) is 0 Å². The van der Waals surface area contributed by atoms with Crippen LogP contribution in [0.25, 0.3) is 0 Å². The number of nitrogens with two attached hydrogens (primary N) is 1. The van der Waals surface area contributed by atoms with Crippen LogP contribution in [-0.2, 0) is 4.74 Å². The largest absolute Gasteiger partial charge is 0.378 e. The van der Waals surface area contributed by atoms with E-state index in [-0.39, 0.29) is 5.54 Å². The van der Waals surface area contributed by atoms with E-state index in [1.165, 1.54) is 70.6 Å². The molecule has 1 saturated carbocycles. The Bertz CT molecular complexity index is 191. The van der Waals surface area contributed by atoms with Crippen LogP contribution in [0.4, 0.5) is 0 Å². The minimum atomic E-state index is 0.131. The highest BCUT2D eigenvalue weighted by Crippen LogP contribution is 2.30. The van der Waals surface area contributed by atoms with Crippen LogP contribution < -0.4 is 5.73 Å². The van der Waals surface area contributed by atoms with Gasteiger partial charge in [-0.15, -0.1) is 0 Å². The van der Waals surface area contributed by atoms with Crippen molar-refractivity contribution < 1.29 is 4.74 Å². The van der Waals surface area contributed by atoms with Gasteiger partial charge in [0.05, 0.1) is 6.10 Å². The molecule has 2 aliphatic rings. The first-order valence-electron chi connectivity index (χ1n) is 7.19. The van der Waals surface area contributed by atoms with Crippen LogP contribution in [0.5, 0.6) is 0 Å². The second-order valence-electron chi connectivity index (χ2n) is 5.80. The maximum absolute atomic E-state index is 6.55. The first kappa shape index (κ1) is 12.4. The van der Waals surface area contributed by atoms with Crippen molar-refractivity contribution >= 4 is 0 Å². The Morgan fingerprint density at radius 2 is 1.69 bits per heavy atom. The molecule has 0 bridgehead atoms. The van der Waals surface area contributed by atoms with E-state index in [0.717, 1.165) is 6.61 Å². The molecule has 0 amide bonds. The summed E-state index contributed by atoms with van der Waals surface area (Å²) < 4.78 is 5.69. The summed E-state index contributed by atoms with van der Waals surface area (Å²) in [6.07, 6.45) is 14.7. The van der Waals surface area contributed by atoms with Gasteiger partial charge in [0.15, 0.2) is 0 Å². The molecule has 1 heterocycles. The van der Waals surface area contributed by atoms with Gasteiger partial charge in [-0.05, 0) is 38.5 Å². The molecule has 0 aromatic heterocycles. The molecule has 0 spiro atoms. The first-order valence-corrected chi connectivity index (χ1v) is 7.19. The molecule has 16 heavy (non-hydrogen) atoms. The van der Waals surface area contributed by atoms with Crippen LogP contribution in [-0.4, -0.2) is 18.2 Å². The first-order chi connectivity index (χ1) is 7.79. The zero-order valence-corrected chi connectivity index (χ0v) is 10.5. The Labute approximate surface area is 99.9 Å². The number of rotatable bonds is 3. The van der Waals surface area contributed by atoms with Gasteiger partial charge in [0.1, 0.15) is 0 Å². The topological polar surface area (TPSA) is 35.2 Å². The molecule has 2 N–H and O–H groups in total. The summed E-state index contributed by atoms with van der Waals surface area (Å²) in [6.45, 7) is 0.974.